The molecule has 0 radical (unpaired) electrons. The van der Waals surface area contributed by atoms with Crippen molar-refractivity contribution >= 4 is 11.6 Å². The molecule has 21 heavy (non-hydrogen) atoms. The lowest BCUT2D eigenvalue weighted by molar-refractivity contribution is -0.121. The van der Waals surface area contributed by atoms with Crippen molar-refractivity contribution in [2.75, 3.05) is 25.0 Å². The van der Waals surface area contributed by atoms with E-state index in [-0.39, 0.29) is 18.1 Å². The molecule has 1 aliphatic rings. The van der Waals surface area contributed by atoms with E-state index < -0.39 is 0 Å². The zero-order valence-corrected chi connectivity index (χ0v) is 13.4. The Labute approximate surface area is 127 Å². The number of amides is 1. The molecule has 1 aliphatic heterocycles. The van der Waals surface area contributed by atoms with E-state index in [2.05, 4.69) is 44.0 Å². The molecule has 116 valence electrons. The first-order valence-electron chi connectivity index (χ1n) is 7.72. The SMILES string of the molecule is CC(C)c1ccccc1NC(=O)CN1C[C@@H](C)O[C@@H](C)C1. The number of morpholine rings is 1. The number of para-hydroxylation sites is 1. The first kappa shape index (κ1) is 16.0. The highest BCUT2D eigenvalue weighted by Gasteiger charge is 2.23. The average Bonchev–Trinajstić information content (AvgIpc) is 2.37. The predicted molar refractivity (Wildman–Crippen MR) is 85.6 cm³/mol. The summed E-state index contributed by atoms with van der Waals surface area (Å²) in [4.78, 5) is 14.4. The van der Waals surface area contributed by atoms with Crippen LogP contribution in [-0.2, 0) is 9.53 Å². The lowest BCUT2D eigenvalue weighted by Gasteiger charge is -2.34. The molecule has 1 fully saturated rings. The van der Waals surface area contributed by atoms with E-state index >= 15 is 0 Å². The molecule has 0 unspecified atom stereocenters. The Morgan fingerprint density at radius 3 is 2.52 bits per heavy atom. The summed E-state index contributed by atoms with van der Waals surface area (Å²) >= 11 is 0. The van der Waals surface area contributed by atoms with Gasteiger partial charge in [-0.15, -0.1) is 0 Å². The van der Waals surface area contributed by atoms with Crippen LogP contribution in [-0.4, -0.2) is 42.6 Å². The first-order valence-corrected chi connectivity index (χ1v) is 7.72. The van der Waals surface area contributed by atoms with Crippen molar-refractivity contribution in [2.24, 2.45) is 0 Å². The van der Waals surface area contributed by atoms with E-state index in [9.17, 15) is 4.79 Å². The summed E-state index contributed by atoms with van der Waals surface area (Å²) in [5, 5.41) is 3.05. The second-order valence-electron chi connectivity index (χ2n) is 6.24. The van der Waals surface area contributed by atoms with Crippen LogP contribution in [0.1, 0.15) is 39.2 Å². The van der Waals surface area contributed by atoms with Gasteiger partial charge < -0.3 is 10.1 Å². The maximum Gasteiger partial charge on any atom is 0.238 e. The van der Waals surface area contributed by atoms with Gasteiger partial charge in [0.25, 0.3) is 0 Å². The Hall–Kier alpha value is -1.39. The highest BCUT2D eigenvalue weighted by atomic mass is 16.5. The highest BCUT2D eigenvalue weighted by Crippen LogP contribution is 2.23. The minimum Gasteiger partial charge on any atom is -0.373 e. The molecule has 1 aromatic carbocycles. The number of carbonyl (C=O) groups is 1. The van der Waals surface area contributed by atoms with Gasteiger partial charge in [0, 0.05) is 18.8 Å². The van der Waals surface area contributed by atoms with Gasteiger partial charge in [-0.2, -0.15) is 0 Å². The molecule has 0 bridgehead atoms. The largest absolute Gasteiger partial charge is 0.373 e. The quantitative estimate of drug-likeness (QED) is 0.927. The average molecular weight is 290 g/mol. The van der Waals surface area contributed by atoms with Crippen molar-refractivity contribution in [3.05, 3.63) is 29.8 Å². The molecule has 0 aromatic heterocycles. The fourth-order valence-corrected chi connectivity index (χ4v) is 2.92. The van der Waals surface area contributed by atoms with Crippen LogP contribution in [0.4, 0.5) is 5.69 Å². The molecule has 4 heteroatoms. The molecular weight excluding hydrogens is 264 g/mol. The molecular formula is C17H26N2O2. The maximum atomic E-state index is 12.3. The standard InChI is InChI=1S/C17H26N2O2/c1-12(2)15-7-5-6-8-16(15)18-17(20)11-19-9-13(3)21-14(4)10-19/h5-8,12-14H,9-11H2,1-4H3,(H,18,20)/t13-,14+. The van der Waals surface area contributed by atoms with Gasteiger partial charge in [-0.3, -0.25) is 9.69 Å². The number of nitrogens with one attached hydrogen (secondary N) is 1. The number of hydrogen-bond acceptors (Lipinski definition) is 3. The van der Waals surface area contributed by atoms with E-state index in [1.165, 1.54) is 5.56 Å². The van der Waals surface area contributed by atoms with Gasteiger partial charge >= 0.3 is 0 Å². The lowest BCUT2D eigenvalue weighted by atomic mass is 10.0. The Morgan fingerprint density at radius 1 is 1.29 bits per heavy atom. The van der Waals surface area contributed by atoms with Crippen molar-refractivity contribution in [1.82, 2.24) is 4.90 Å². The number of anilines is 1. The molecule has 4 nitrogen and oxygen atoms in total. The number of nitrogens with zero attached hydrogens (tertiary/aromatic N) is 1. The number of rotatable bonds is 4. The van der Waals surface area contributed by atoms with E-state index in [0.29, 0.717) is 12.5 Å². The van der Waals surface area contributed by atoms with Gasteiger partial charge in [0.2, 0.25) is 5.91 Å². The molecule has 1 N–H and O–H groups in total. The second-order valence-corrected chi connectivity index (χ2v) is 6.24. The fourth-order valence-electron chi connectivity index (χ4n) is 2.92. The smallest absolute Gasteiger partial charge is 0.238 e. The van der Waals surface area contributed by atoms with Gasteiger partial charge in [-0.05, 0) is 31.4 Å². The zero-order chi connectivity index (χ0) is 15.4. The lowest BCUT2D eigenvalue weighted by Crippen LogP contribution is -2.48. The summed E-state index contributed by atoms with van der Waals surface area (Å²) in [6, 6.07) is 8.01. The monoisotopic (exact) mass is 290 g/mol. The molecule has 0 saturated carbocycles. The third kappa shape index (κ3) is 4.55. The fraction of sp³-hybridized carbons (Fsp3) is 0.588. The summed E-state index contributed by atoms with van der Waals surface area (Å²) < 4.78 is 5.69. The second kappa shape index (κ2) is 7.05. The molecule has 1 aromatic rings. The summed E-state index contributed by atoms with van der Waals surface area (Å²) in [6.45, 7) is 10.4. The number of ether oxygens (including phenoxy) is 1. The van der Waals surface area contributed by atoms with Gasteiger partial charge in [0.05, 0.1) is 18.8 Å². The van der Waals surface area contributed by atoms with Gasteiger partial charge in [-0.1, -0.05) is 32.0 Å². The molecule has 1 saturated heterocycles. The Kier molecular flexibility index (Phi) is 5.37. The van der Waals surface area contributed by atoms with Crippen LogP contribution < -0.4 is 5.32 Å². The van der Waals surface area contributed by atoms with Crippen molar-refractivity contribution in [3.8, 4) is 0 Å². The molecule has 2 rings (SSSR count). The van der Waals surface area contributed by atoms with E-state index in [1.807, 2.05) is 18.2 Å². The number of benzene rings is 1. The number of carbonyl (C=O) groups excluding carboxylic acids is 1. The predicted octanol–water partition coefficient (Wildman–Crippen LogP) is 2.86. The van der Waals surface area contributed by atoms with Crippen molar-refractivity contribution < 1.29 is 9.53 Å². The van der Waals surface area contributed by atoms with Crippen LogP contribution in [0.2, 0.25) is 0 Å². The van der Waals surface area contributed by atoms with Crippen molar-refractivity contribution in [1.29, 1.82) is 0 Å². The Bertz CT molecular complexity index is 477. The van der Waals surface area contributed by atoms with E-state index in [1.54, 1.807) is 0 Å². The molecule has 1 amide bonds. The van der Waals surface area contributed by atoms with E-state index in [4.69, 9.17) is 4.74 Å². The first-order chi connectivity index (χ1) is 9.95. The van der Waals surface area contributed by atoms with E-state index in [0.717, 1.165) is 18.8 Å². The summed E-state index contributed by atoms with van der Waals surface area (Å²) in [5.74, 6) is 0.439. The zero-order valence-electron chi connectivity index (χ0n) is 13.4. The number of hydrogen-bond donors (Lipinski definition) is 1. The molecule has 0 aliphatic carbocycles. The third-order valence-electron chi connectivity index (χ3n) is 3.72. The summed E-state index contributed by atoms with van der Waals surface area (Å²) in [6.07, 6.45) is 0.369. The van der Waals surface area contributed by atoms with Gasteiger partial charge in [0.1, 0.15) is 0 Å². The van der Waals surface area contributed by atoms with Crippen molar-refractivity contribution in [2.45, 2.75) is 45.8 Å². The normalized spacial score (nSPS) is 23.3. The van der Waals surface area contributed by atoms with Crippen LogP contribution in [0, 0.1) is 0 Å². The van der Waals surface area contributed by atoms with Crippen LogP contribution in [0.25, 0.3) is 0 Å². The topological polar surface area (TPSA) is 41.6 Å². The molecule has 1 heterocycles. The summed E-state index contributed by atoms with van der Waals surface area (Å²) in [7, 11) is 0. The third-order valence-corrected chi connectivity index (χ3v) is 3.72. The Morgan fingerprint density at radius 2 is 1.90 bits per heavy atom. The molecule has 2 atom stereocenters. The van der Waals surface area contributed by atoms with Gasteiger partial charge in [-0.25, -0.2) is 0 Å². The van der Waals surface area contributed by atoms with Crippen LogP contribution in [0.15, 0.2) is 24.3 Å². The van der Waals surface area contributed by atoms with Crippen LogP contribution in [0.5, 0.6) is 0 Å². The minimum atomic E-state index is 0.0457. The summed E-state index contributed by atoms with van der Waals surface area (Å²) in [5.41, 5.74) is 2.10. The highest BCUT2D eigenvalue weighted by molar-refractivity contribution is 5.93. The Balaban J connectivity index is 1.96. The van der Waals surface area contributed by atoms with Crippen LogP contribution in [0.3, 0.4) is 0 Å². The van der Waals surface area contributed by atoms with Crippen LogP contribution >= 0.6 is 0 Å². The maximum absolute atomic E-state index is 12.3. The van der Waals surface area contributed by atoms with Gasteiger partial charge in [0.15, 0.2) is 0 Å². The molecule has 0 spiro atoms. The van der Waals surface area contributed by atoms with Crippen molar-refractivity contribution in [3.63, 3.8) is 0 Å². The minimum absolute atomic E-state index is 0.0457.